The minimum absolute atomic E-state index is 0.233. The van der Waals surface area contributed by atoms with Crippen molar-refractivity contribution in [3.63, 3.8) is 0 Å². The van der Waals surface area contributed by atoms with Crippen LogP contribution in [-0.2, 0) is 0 Å². The lowest BCUT2D eigenvalue weighted by molar-refractivity contribution is 0.0999. The number of nitrogens with two attached hydrogens (primary N) is 2. The number of carbonyl (C=O) groups is 2. The predicted octanol–water partition coefficient (Wildman–Crippen LogP) is 2.12. The molecule has 4 N–H and O–H groups in total. The molecule has 0 heterocycles. The molecule has 0 bridgehead atoms. The Balaban J connectivity index is 2.62. The van der Waals surface area contributed by atoms with Crippen LogP contribution in [0.4, 0.5) is 0 Å². The number of hydrogen-bond donors (Lipinski definition) is 2. The van der Waals surface area contributed by atoms with Crippen LogP contribution >= 0.6 is 0 Å². The van der Waals surface area contributed by atoms with Crippen molar-refractivity contribution in [3.05, 3.63) is 66.2 Å². The second-order valence-corrected chi connectivity index (χ2v) is 4.58. The summed E-state index contributed by atoms with van der Waals surface area (Å²) in [6.45, 7) is 3.93. The first kappa shape index (κ1) is 15.3. The van der Waals surface area contributed by atoms with E-state index in [4.69, 9.17) is 16.2 Å². The summed E-state index contributed by atoms with van der Waals surface area (Å²) in [6.07, 6.45) is 1.62. The van der Waals surface area contributed by atoms with Gasteiger partial charge >= 0.3 is 0 Å². The van der Waals surface area contributed by atoms with Gasteiger partial charge in [0.05, 0.1) is 0 Å². The number of rotatable bonds is 6. The average molecular weight is 296 g/mol. The Labute approximate surface area is 128 Å². The lowest BCUT2D eigenvalue weighted by Crippen LogP contribution is -2.18. The van der Waals surface area contributed by atoms with E-state index in [0.717, 1.165) is 0 Å². The van der Waals surface area contributed by atoms with E-state index in [9.17, 15) is 9.59 Å². The Kier molecular flexibility index (Phi) is 4.58. The molecule has 5 nitrogen and oxygen atoms in total. The third kappa shape index (κ3) is 3.15. The van der Waals surface area contributed by atoms with Gasteiger partial charge in [0.25, 0.3) is 0 Å². The second kappa shape index (κ2) is 6.58. The van der Waals surface area contributed by atoms with Gasteiger partial charge in [-0.3, -0.25) is 9.59 Å². The van der Waals surface area contributed by atoms with Crippen LogP contribution in [0.15, 0.2) is 55.1 Å². The Morgan fingerprint density at radius 1 is 1.05 bits per heavy atom. The van der Waals surface area contributed by atoms with Crippen molar-refractivity contribution in [2.45, 2.75) is 0 Å². The lowest BCUT2D eigenvalue weighted by atomic mass is 9.93. The number of primary amides is 2. The van der Waals surface area contributed by atoms with Gasteiger partial charge in [-0.15, -0.1) is 0 Å². The topological polar surface area (TPSA) is 95.4 Å². The summed E-state index contributed by atoms with van der Waals surface area (Å²) in [4.78, 5) is 23.3. The molecular weight excluding hydrogens is 280 g/mol. The van der Waals surface area contributed by atoms with Crippen molar-refractivity contribution < 1.29 is 14.3 Å². The van der Waals surface area contributed by atoms with Crippen molar-refractivity contribution in [1.29, 1.82) is 0 Å². The van der Waals surface area contributed by atoms with Gasteiger partial charge in [0, 0.05) is 16.7 Å². The molecule has 0 aliphatic rings. The predicted molar refractivity (Wildman–Crippen MR) is 84.6 cm³/mol. The maximum atomic E-state index is 11.7. The van der Waals surface area contributed by atoms with E-state index in [1.807, 2.05) is 0 Å². The summed E-state index contributed by atoms with van der Waals surface area (Å²) in [5.74, 6) is -0.668. The molecule has 0 saturated heterocycles. The Morgan fingerprint density at radius 2 is 1.64 bits per heavy atom. The smallest absolute Gasteiger partial charge is 0.249 e. The van der Waals surface area contributed by atoms with Gasteiger partial charge in [0.1, 0.15) is 12.4 Å². The highest BCUT2D eigenvalue weighted by molar-refractivity contribution is 6.08. The zero-order valence-electron chi connectivity index (χ0n) is 11.9. The first-order valence-electron chi connectivity index (χ1n) is 6.61. The summed E-state index contributed by atoms with van der Waals surface area (Å²) in [5, 5.41) is 0. The van der Waals surface area contributed by atoms with E-state index >= 15 is 0 Å². The van der Waals surface area contributed by atoms with Gasteiger partial charge in [-0.2, -0.15) is 0 Å². The van der Waals surface area contributed by atoms with Crippen LogP contribution < -0.4 is 16.2 Å². The normalized spacial score (nSPS) is 10.0. The highest BCUT2D eigenvalue weighted by atomic mass is 16.5. The zero-order chi connectivity index (χ0) is 16.1. The minimum Gasteiger partial charge on any atom is -0.490 e. The maximum absolute atomic E-state index is 11.7. The van der Waals surface area contributed by atoms with Crippen LogP contribution in [0.5, 0.6) is 5.75 Å². The SMILES string of the molecule is C=CCOc1cccc(-c2c(C(N)=O)cccc2C(N)=O)c1. The van der Waals surface area contributed by atoms with Crippen molar-refractivity contribution in [2.24, 2.45) is 11.5 Å². The quantitative estimate of drug-likeness (QED) is 0.799. The molecule has 2 aromatic carbocycles. The molecule has 2 rings (SSSR count). The summed E-state index contributed by atoms with van der Waals surface area (Å²) in [7, 11) is 0. The molecule has 22 heavy (non-hydrogen) atoms. The van der Waals surface area contributed by atoms with Gasteiger partial charge in [-0.05, 0) is 29.8 Å². The van der Waals surface area contributed by atoms with Gasteiger partial charge in [-0.1, -0.05) is 30.9 Å². The molecule has 2 amide bonds. The molecule has 0 fully saturated rings. The number of ether oxygens (including phenoxy) is 1. The molecule has 0 spiro atoms. The van der Waals surface area contributed by atoms with Crippen LogP contribution in [-0.4, -0.2) is 18.4 Å². The largest absolute Gasteiger partial charge is 0.490 e. The van der Waals surface area contributed by atoms with Crippen molar-refractivity contribution >= 4 is 11.8 Å². The fourth-order valence-electron chi connectivity index (χ4n) is 2.17. The van der Waals surface area contributed by atoms with Crippen LogP contribution in [0.2, 0.25) is 0 Å². The molecule has 0 unspecified atom stereocenters. The highest BCUT2D eigenvalue weighted by Gasteiger charge is 2.17. The number of hydrogen-bond acceptors (Lipinski definition) is 3. The zero-order valence-corrected chi connectivity index (χ0v) is 11.9. The van der Waals surface area contributed by atoms with Gasteiger partial charge in [0.15, 0.2) is 0 Å². The molecular formula is C17H16N2O3. The summed E-state index contributed by atoms with van der Waals surface area (Å²) >= 11 is 0. The van der Waals surface area contributed by atoms with Crippen molar-refractivity contribution in [3.8, 4) is 16.9 Å². The van der Waals surface area contributed by atoms with E-state index in [0.29, 0.717) is 23.5 Å². The summed E-state index contributed by atoms with van der Waals surface area (Å²) in [5.41, 5.74) is 12.3. The molecule has 112 valence electrons. The average Bonchev–Trinajstić information content (AvgIpc) is 2.52. The van der Waals surface area contributed by atoms with Crippen LogP contribution in [0, 0.1) is 0 Å². The molecule has 2 aromatic rings. The van der Waals surface area contributed by atoms with E-state index < -0.39 is 11.8 Å². The minimum atomic E-state index is -0.629. The molecule has 0 aliphatic carbocycles. The number of carbonyl (C=O) groups excluding carboxylic acids is 2. The first-order chi connectivity index (χ1) is 10.5. The van der Waals surface area contributed by atoms with Crippen LogP contribution in [0.3, 0.4) is 0 Å². The number of amides is 2. The molecule has 0 saturated carbocycles. The highest BCUT2D eigenvalue weighted by Crippen LogP contribution is 2.30. The Bertz CT molecular complexity index is 706. The fraction of sp³-hybridized carbons (Fsp3) is 0.0588. The van der Waals surface area contributed by atoms with E-state index in [2.05, 4.69) is 6.58 Å². The van der Waals surface area contributed by atoms with Gasteiger partial charge < -0.3 is 16.2 Å². The van der Waals surface area contributed by atoms with Crippen LogP contribution in [0.25, 0.3) is 11.1 Å². The monoisotopic (exact) mass is 296 g/mol. The fourth-order valence-corrected chi connectivity index (χ4v) is 2.17. The second-order valence-electron chi connectivity index (χ2n) is 4.58. The molecule has 0 atom stereocenters. The lowest BCUT2D eigenvalue weighted by Gasteiger charge is -2.12. The molecule has 5 heteroatoms. The third-order valence-electron chi connectivity index (χ3n) is 3.09. The third-order valence-corrected chi connectivity index (χ3v) is 3.09. The van der Waals surface area contributed by atoms with Crippen molar-refractivity contribution in [2.75, 3.05) is 6.61 Å². The van der Waals surface area contributed by atoms with E-state index in [1.54, 1.807) is 48.5 Å². The van der Waals surface area contributed by atoms with E-state index in [1.165, 1.54) is 0 Å². The Hall–Kier alpha value is -3.08. The van der Waals surface area contributed by atoms with E-state index in [-0.39, 0.29) is 11.1 Å². The standard InChI is InChI=1S/C17H16N2O3/c1-2-9-22-12-6-3-5-11(10-12)15-13(16(18)20)7-4-8-14(15)17(19)21/h2-8,10H,1,9H2,(H2,18,20)(H2,19,21). The Morgan fingerprint density at radius 3 is 2.18 bits per heavy atom. The first-order valence-corrected chi connectivity index (χ1v) is 6.61. The van der Waals surface area contributed by atoms with Gasteiger partial charge in [-0.25, -0.2) is 0 Å². The number of benzene rings is 2. The summed E-state index contributed by atoms with van der Waals surface area (Å²) < 4.78 is 5.47. The maximum Gasteiger partial charge on any atom is 0.249 e. The molecule has 0 aromatic heterocycles. The molecule has 0 radical (unpaired) electrons. The van der Waals surface area contributed by atoms with Crippen molar-refractivity contribution in [1.82, 2.24) is 0 Å². The summed E-state index contributed by atoms with van der Waals surface area (Å²) in [6, 6.07) is 11.7. The molecule has 0 aliphatic heterocycles. The van der Waals surface area contributed by atoms with Gasteiger partial charge in [0.2, 0.25) is 11.8 Å². The van der Waals surface area contributed by atoms with Crippen LogP contribution in [0.1, 0.15) is 20.7 Å².